The molecule has 0 fully saturated rings. The van der Waals surface area contributed by atoms with Crippen LogP contribution in [0.2, 0.25) is 0 Å². The molecule has 0 bridgehead atoms. The summed E-state index contributed by atoms with van der Waals surface area (Å²) in [4.78, 5) is 0. The predicted molar refractivity (Wildman–Crippen MR) is 95.3 cm³/mol. The SMILES string of the molecule is CCCCCCCCCCCCOCC=C=CCCCCl. The standard InChI is InChI=1S/C19H35ClO/c1-2-3-4-5-6-7-8-9-12-15-18-21-19-16-13-10-11-14-17-20/h10,16H,2-9,11-12,14-15,17-19H2,1H3. The van der Waals surface area contributed by atoms with Gasteiger partial charge in [-0.25, -0.2) is 0 Å². The maximum atomic E-state index is 5.59. The van der Waals surface area contributed by atoms with E-state index in [0.29, 0.717) is 6.61 Å². The molecule has 0 rings (SSSR count). The van der Waals surface area contributed by atoms with Crippen molar-refractivity contribution in [1.29, 1.82) is 0 Å². The zero-order chi connectivity index (χ0) is 15.4. The molecule has 0 aliphatic rings. The van der Waals surface area contributed by atoms with Crippen molar-refractivity contribution < 1.29 is 4.74 Å². The highest BCUT2D eigenvalue weighted by molar-refractivity contribution is 6.17. The molecule has 0 atom stereocenters. The Morgan fingerprint density at radius 2 is 1.43 bits per heavy atom. The molecule has 124 valence electrons. The third-order valence-corrected chi connectivity index (χ3v) is 3.83. The molecule has 0 aromatic heterocycles. The van der Waals surface area contributed by atoms with Crippen LogP contribution in [-0.2, 0) is 4.74 Å². The number of hydrogen-bond acceptors (Lipinski definition) is 1. The molecule has 21 heavy (non-hydrogen) atoms. The minimum absolute atomic E-state index is 0.689. The Labute approximate surface area is 137 Å². The third-order valence-electron chi connectivity index (χ3n) is 3.56. The summed E-state index contributed by atoms with van der Waals surface area (Å²) >= 11 is 5.59. The van der Waals surface area contributed by atoms with Gasteiger partial charge < -0.3 is 4.74 Å². The molecule has 0 unspecified atom stereocenters. The quantitative estimate of drug-likeness (QED) is 0.176. The average Bonchev–Trinajstić information content (AvgIpc) is 2.50. The molecule has 1 nitrogen and oxygen atoms in total. The van der Waals surface area contributed by atoms with E-state index in [4.69, 9.17) is 16.3 Å². The van der Waals surface area contributed by atoms with E-state index >= 15 is 0 Å². The van der Waals surface area contributed by atoms with Crippen molar-refractivity contribution >= 4 is 11.6 Å². The second-order valence-corrected chi connectivity index (χ2v) is 6.04. The van der Waals surface area contributed by atoms with Gasteiger partial charge in [0.15, 0.2) is 0 Å². The maximum absolute atomic E-state index is 5.59. The van der Waals surface area contributed by atoms with Gasteiger partial charge in [-0.2, -0.15) is 0 Å². The fraction of sp³-hybridized carbons (Fsp3) is 0.842. The van der Waals surface area contributed by atoms with Crippen molar-refractivity contribution in [1.82, 2.24) is 0 Å². The fourth-order valence-electron chi connectivity index (χ4n) is 2.23. The van der Waals surface area contributed by atoms with E-state index in [-0.39, 0.29) is 0 Å². The van der Waals surface area contributed by atoms with E-state index in [1.54, 1.807) is 0 Å². The van der Waals surface area contributed by atoms with E-state index in [9.17, 15) is 0 Å². The number of unbranched alkanes of at least 4 members (excludes halogenated alkanes) is 10. The summed E-state index contributed by atoms with van der Waals surface area (Å²) in [6.45, 7) is 3.85. The van der Waals surface area contributed by atoms with Gasteiger partial charge in [-0.3, -0.25) is 0 Å². The molecule has 0 spiro atoms. The Kier molecular flexibility index (Phi) is 19.6. The highest BCUT2D eigenvalue weighted by atomic mass is 35.5. The normalized spacial score (nSPS) is 10.4. The summed E-state index contributed by atoms with van der Waals surface area (Å²) in [7, 11) is 0. The molecule has 0 aromatic rings. The Bertz CT molecular complexity index is 244. The summed E-state index contributed by atoms with van der Waals surface area (Å²) < 4.78 is 5.55. The van der Waals surface area contributed by atoms with Crippen molar-refractivity contribution in [3.63, 3.8) is 0 Å². The summed E-state index contributed by atoms with van der Waals surface area (Å²) in [5.41, 5.74) is 3.13. The first-order chi connectivity index (χ1) is 10.4. The molecule has 0 radical (unpaired) electrons. The van der Waals surface area contributed by atoms with Gasteiger partial charge in [0.1, 0.15) is 0 Å². The van der Waals surface area contributed by atoms with E-state index in [2.05, 4.69) is 12.7 Å². The van der Waals surface area contributed by atoms with Gasteiger partial charge in [0.05, 0.1) is 6.61 Å². The molecule has 0 saturated heterocycles. The zero-order valence-corrected chi connectivity index (χ0v) is 14.8. The van der Waals surface area contributed by atoms with Gasteiger partial charge in [-0.15, -0.1) is 17.3 Å². The Morgan fingerprint density at radius 3 is 2.05 bits per heavy atom. The number of alkyl halides is 1. The van der Waals surface area contributed by atoms with Gasteiger partial charge in [0.25, 0.3) is 0 Å². The van der Waals surface area contributed by atoms with E-state index in [1.807, 2.05) is 12.2 Å². The van der Waals surface area contributed by atoms with Gasteiger partial charge >= 0.3 is 0 Å². The highest BCUT2D eigenvalue weighted by Crippen LogP contribution is 2.10. The first kappa shape index (κ1) is 20.8. The van der Waals surface area contributed by atoms with Gasteiger partial charge in [0, 0.05) is 12.5 Å². The van der Waals surface area contributed by atoms with Crippen LogP contribution >= 0.6 is 11.6 Å². The minimum Gasteiger partial charge on any atom is -0.377 e. The first-order valence-corrected chi connectivity index (χ1v) is 9.48. The lowest BCUT2D eigenvalue weighted by molar-refractivity contribution is 0.157. The molecule has 0 N–H and O–H groups in total. The van der Waals surface area contributed by atoms with Crippen LogP contribution in [0.5, 0.6) is 0 Å². The largest absolute Gasteiger partial charge is 0.377 e. The Balaban J connectivity index is 3.07. The van der Waals surface area contributed by atoms with E-state index < -0.39 is 0 Å². The molecule has 0 aromatic carbocycles. The lowest BCUT2D eigenvalue weighted by atomic mass is 10.1. The fourth-order valence-corrected chi connectivity index (χ4v) is 2.38. The van der Waals surface area contributed by atoms with Crippen LogP contribution in [0.1, 0.15) is 84.0 Å². The topological polar surface area (TPSA) is 9.23 Å². The molecule has 0 heterocycles. The van der Waals surface area contributed by atoms with E-state index in [1.165, 1.54) is 64.2 Å². The smallest absolute Gasteiger partial charge is 0.0721 e. The van der Waals surface area contributed by atoms with Crippen molar-refractivity contribution in [3.05, 3.63) is 17.9 Å². The van der Waals surface area contributed by atoms with Crippen LogP contribution in [0.4, 0.5) is 0 Å². The lowest BCUT2D eigenvalue weighted by Crippen LogP contribution is -1.94. The molecular formula is C19H35ClO. The van der Waals surface area contributed by atoms with Crippen molar-refractivity contribution in [2.75, 3.05) is 19.1 Å². The number of hydrogen-bond donors (Lipinski definition) is 0. The third kappa shape index (κ3) is 19.8. The predicted octanol–water partition coefficient (Wildman–Crippen LogP) is 6.65. The van der Waals surface area contributed by atoms with Crippen LogP contribution in [0.3, 0.4) is 0 Å². The van der Waals surface area contributed by atoms with Crippen molar-refractivity contribution in [3.8, 4) is 0 Å². The number of ether oxygens (including phenoxy) is 1. The molecular weight excluding hydrogens is 280 g/mol. The second-order valence-electron chi connectivity index (χ2n) is 5.66. The molecule has 0 aliphatic carbocycles. The average molecular weight is 315 g/mol. The molecule has 2 heteroatoms. The number of halogens is 1. The van der Waals surface area contributed by atoms with Crippen molar-refractivity contribution in [2.45, 2.75) is 84.0 Å². The van der Waals surface area contributed by atoms with Crippen LogP contribution in [0.25, 0.3) is 0 Å². The maximum Gasteiger partial charge on any atom is 0.0721 e. The van der Waals surface area contributed by atoms with Crippen LogP contribution < -0.4 is 0 Å². The second kappa shape index (κ2) is 19.8. The summed E-state index contributed by atoms with van der Waals surface area (Å²) in [6, 6.07) is 0. The van der Waals surface area contributed by atoms with Crippen LogP contribution in [0, 0.1) is 0 Å². The summed E-state index contributed by atoms with van der Waals surface area (Å²) in [5.74, 6) is 0.730. The molecule has 0 saturated carbocycles. The highest BCUT2D eigenvalue weighted by Gasteiger charge is 1.92. The first-order valence-electron chi connectivity index (χ1n) is 8.95. The van der Waals surface area contributed by atoms with E-state index in [0.717, 1.165) is 25.3 Å². The van der Waals surface area contributed by atoms with Gasteiger partial charge in [-0.1, -0.05) is 64.7 Å². The number of rotatable bonds is 16. The van der Waals surface area contributed by atoms with Crippen molar-refractivity contribution in [2.24, 2.45) is 0 Å². The van der Waals surface area contributed by atoms with Gasteiger partial charge in [0.2, 0.25) is 0 Å². The molecule has 0 aliphatic heterocycles. The Hall–Kier alpha value is -0.230. The van der Waals surface area contributed by atoms with Gasteiger partial charge in [-0.05, 0) is 31.4 Å². The summed E-state index contributed by atoms with van der Waals surface area (Å²) in [6.07, 6.45) is 19.8. The Morgan fingerprint density at radius 1 is 0.810 bits per heavy atom. The zero-order valence-electron chi connectivity index (χ0n) is 14.0. The summed E-state index contributed by atoms with van der Waals surface area (Å²) in [5, 5.41) is 0. The monoisotopic (exact) mass is 314 g/mol. The minimum atomic E-state index is 0.689. The van der Waals surface area contributed by atoms with Crippen LogP contribution in [0.15, 0.2) is 17.9 Å². The lowest BCUT2D eigenvalue weighted by Gasteiger charge is -2.02. The van der Waals surface area contributed by atoms with Crippen LogP contribution in [-0.4, -0.2) is 19.1 Å². The molecule has 0 amide bonds.